The summed E-state index contributed by atoms with van der Waals surface area (Å²) in [5, 5.41) is 48.2. The molecular formula is C16H33NO7. The first-order valence-electron chi connectivity index (χ1n) is 8.51. The molecule has 0 rings (SSSR count). The quantitative estimate of drug-likeness (QED) is 0.208. The molecule has 0 spiro atoms. The summed E-state index contributed by atoms with van der Waals surface area (Å²) in [6.07, 6.45) is -3.12. The van der Waals surface area contributed by atoms with Gasteiger partial charge >= 0.3 is 5.97 Å². The van der Waals surface area contributed by atoms with Crippen molar-refractivity contribution in [2.45, 2.75) is 70.0 Å². The maximum absolute atomic E-state index is 12.3. The Bertz CT molecular complexity index is 342. The molecular weight excluding hydrogens is 318 g/mol. The van der Waals surface area contributed by atoms with Crippen LogP contribution in [0.25, 0.3) is 0 Å². The standard InChI is InChI=1S/C16H33NO7/c1-4-6-7-8-9-24-16(23)12(17(3)5-2)14(21)15(22)13(20)11(19)10-18/h11-15,18-22H,4-10H2,1-3H3/t11-,12?,13-,14+,15+/m1/s1. The van der Waals surface area contributed by atoms with Gasteiger partial charge in [-0.2, -0.15) is 0 Å². The number of esters is 1. The molecule has 0 aromatic carbocycles. The zero-order valence-corrected chi connectivity index (χ0v) is 14.8. The fraction of sp³-hybridized carbons (Fsp3) is 0.938. The smallest absolute Gasteiger partial charge is 0.326 e. The van der Waals surface area contributed by atoms with Gasteiger partial charge in [-0.3, -0.25) is 9.69 Å². The van der Waals surface area contributed by atoms with Gasteiger partial charge in [-0.15, -0.1) is 0 Å². The van der Waals surface area contributed by atoms with Crippen molar-refractivity contribution in [3.63, 3.8) is 0 Å². The summed E-state index contributed by atoms with van der Waals surface area (Å²) < 4.78 is 5.17. The molecule has 0 aliphatic rings. The number of hydrogen-bond acceptors (Lipinski definition) is 8. The Morgan fingerprint density at radius 2 is 1.62 bits per heavy atom. The van der Waals surface area contributed by atoms with E-state index in [0.717, 1.165) is 19.3 Å². The summed E-state index contributed by atoms with van der Waals surface area (Å²) in [5.41, 5.74) is 0. The molecule has 0 aliphatic heterocycles. The van der Waals surface area contributed by atoms with Gasteiger partial charge in [0.25, 0.3) is 0 Å². The third-order valence-electron chi connectivity index (χ3n) is 4.06. The van der Waals surface area contributed by atoms with E-state index in [1.807, 2.05) is 0 Å². The van der Waals surface area contributed by atoms with Gasteiger partial charge in [-0.1, -0.05) is 33.1 Å². The van der Waals surface area contributed by atoms with Gasteiger partial charge in [0.1, 0.15) is 30.5 Å². The fourth-order valence-corrected chi connectivity index (χ4v) is 2.29. The molecule has 24 heavy (non-hydrogen) atoms. The highest BCUT2D eigenvalue weighted by molar-refractivity contribution is 5.76. The number of likely N-dealkylation sites (N-methyl/N-ethyl adjacent to an activating group) is 1. The average molecular weight is 351 g/mol. The average Bonchev–Trinajstić information content (AvgIpc) is 2.59. The van der Waals surface area contributed by atoms with E-state index < -0.39 is 43.0 Å². The first kappa shape index (κ1) is 23.2. The number of rotatable bonds is 13. The van der Waals surface area contributed by atoms with Crippen molar-refractivity contribution in [2.24, 2.45) is 0 Å². The highest BCUT2D eigenvalue weighted by Crippen LogP contribution is 2.14. The number of ether oxygens (including phenoxy) is 1. The molecule has 144 valence electrons. The Labute approximate surface area is 143 Å². The van der Waals surface area contributed by atoms with Crippen LogP contribution in [0.3, 0.4) is 0 Å². The van der Waals surface area contributed by atoms with Crippen LogP contribution in [0.1, 0.15) is 39.5 Å². The summed E-state index contributed by atoms with van der Waals surface area (Å²) in [5.74, 6) is -0.701. The van der Waals surface area contributed by atoms with E-state index in [1.54, 1.807) is 14.0 Å². The van der Waals surface area contributed by atoms with Gasteiger partial charge in [-0.05, 0) is 20.0 Å². The van der Waals surface area contributed by atoms with Gasteiger partial charge in [0.15, 0.2) is 0 Å². The van der Waals surface area contributed by atoms with Crippen LogP contribution in [-0.2, 0) is 9.53 Å². The Morgan fingerprint density at radius 3 is 2.12 bits per heavy atom. The number of carbonyl (C=O) groups excluding carboxylic acids is 1. The monoisotopic (exact) mass is 351 g/mol. The largest absolute Gasteiger partial charge is 0.464 e. The van der Waals surface area contributed by atoms with E-state index in [9.17, 15) is 25.2 Å². The number of aliphatic hydroxyl groups is 5. The van der Waals surface area contributed by atoms with Gasteiger partial charge in [0, 0.05) is 0 Å². The molecule has 5 atom stereocenters. The van der Waals surface area contributed by atoms with Gasteiger partial charge in [0.2, 0.25) is 0 Å². The molecule has 0 aromatic rings. The minimum absolute atomic E-state index is 0.220. The first-order chi connectivity index (χ1) is 11.3. The Hall–Kier alpha value is -0.770. The van der Waals surface area contributed by atoms with Crippen molar-refractivity contribution in [1.29, 1.82) is 0 Å². The number of hydrogen-bond donors (Lipinski definition) is 5. The van der Waals surface area contributed by atoms with Crippen molar-refractivity contribution in [1.82, 2.24) is 4.90 Å². The van der Waals surface area contributed by atoms with Crippen LogP contribution in [0.5, 0.6) is 0 Å². The molecule has 8 nitrogen and oxygen atoms in total. The molecule has 0 saturated carbocycles. The zero-order valence-electron chi connectivity index (χ0n) is 14.8. The normalized spacial score (nSPS) is 18.0. The number of aliphatic hydroxyl groups excluding tert-OH is 5. The SMILES string of the molecule is CCCCCCOC(=O)C([C@H](O)[C@@H](O)[C@H](O)[C@H](O)CO)N(C)CC. The predicted molar refractivity (Wildman–Crippen MR) is 88.3 cm³/mol. The molecule has 5 N–H and O–H groups in total. The summed E-state index contributed by atoms with van der Waals surface area (Å²) >= 11 is 0. The molecule has 8 heteroatoms. The fourth-order valence-electron chi connectivity index (χ4n) is 2.29. The van der Waals surface area contributed by atoms with Crippen LogP contribution in [0.4, 0.5) is 0 Å². The Kier molecular flexibility index (Phi) is 12.2. The van der Waals surface area contributed by atoms with Crippen LogP contribution in [-0.4, -0.2) is 93.7 Å². The maximum atomic E-state index is 12.3. The predicted octanol–water partition coefficient (Wildman–Crippen LogP) is -1.13. The summed E-state index contributed by atoms with van der Waals surface area (Å²) in [7, 11) is 1.58. The maximum Gasteiger partial charge on any atom is 0.326 e. The second-order valence-electron chi connectivity index (χ2n) is 5.97. The molecule has 0 fully saturated rings. The second-order valence-corrected chi connectivity index (χ2v) is 5.97. The van der Waals surface area contributed by atoms with Crippen LogP contribution in [0.15, 0.2) is 0 Å². The first-order valence-corrected chi connectivity index (χ1v) is 8.51. The highest BCUT2D eigenvalue weighted by Gasteiger charge is 2.40. The van der Waals surface area contributed by atoms with Crippen molar-refractivity contribution in [3.05, 3.63) is 0 Å². The number of nitrogens with zero attached hydrogens (tertiary/aromatic N) is 1. The highest BCUT2D eigenvalue weighted by atomic mass is 16.5. The molecule has 1 unspecified atom stereocenters. The lowest BCUT2D eigenvalue weighted by Crippen LogP contribution is -2.57. The van der Waals surface area contributed by atoms with E-state index in [1.165, 1.54) is 4.90 Å². The Balaban J connectivity index is 4.82. The third kappa shape index (κ3) is 7.42. The Morgan fingerprint density at radius 1 is 1.00 bits per heavy atom. The lowest BCUT2D eigenvalue weighted by Gasteiger charge is -2.34. The summed E-state index contributed by atoms with van der Waals surface area (Å²) in [4.78, 5) is 13.7. The number of carbonyl (C=O) groups is 1. The van der Waals surface area contributed by atoms with Crippen LogP contribution in [0.2, 0.25) is 0 Å². The third-order valence-corrected chi connectivity index (χ3v) is 4.06. The van der Waals surface area contributed by atoms with Crippen LogP contribution < -0.4 is 0 Å². The van der Waals surface area contributed by atoms with Crippen molar-refractivity contribution in [2.75, 3.05) is 26.8 Å². The van der Waals surface area contributed by atoms with E-state index in [2.05, 4.69) is 6.92 Å². The van der Waals surface area contributed by atoms with E-state index in [0.29, 0.717) is 13.0 Å². The van der Waals surface area contributed by atoms with Crippen molar-refractivity contribution in [3.8, 4) is 0 Å². The van der Waals surface area contributed by atoms with Crippen LogP contribution >= 0.6 is 0 Å². The van der Waals surface area contributed by atoms with Gasteiger partial charge in [-0.25, -0.2) is 0 Å². The molecule has 0 heterocycles. The minimum Gasteiger partial charge on any atom is -0.464 e. The summed E-state index contributed by atoms with van der Waals surface area (Å²) in [6.45, 7) is 3.68. The molecule has 0 bridgehead atoms. The van der Waals surface area contributed by atoms with Gasteiger partial charge in [0.05, 0.1) is 13.2 Å². The number of unbranched alkanes of at least 4 members (excludes halogenated alkanes) is 3. The molecule has 0 amide bonds. The minimum atomic E-state index is -1.81. The van der Waals surface area contributed by atoms with Gasteiger partial charge < -0.3 is 30.3 Å². The van der Waals surface area contributed by atoms with Crippen LogP contribution in [0, 0.1) is 0 Å². The topological polar surface area (TPSA) is 131 Å². The zero-order chi connectivity index (χ0) is 18.7. The van der Waals surface area contributed by atoms with E-state index in [-0.39, 0.29) is 6.61 Å². The van der Waals surface area contributed by atoms with E-state index >= 15 is 0 Å². The molecule has 0 aromatic heterocycles. The molecule has 0 radical (unpaired) electrons. The second kappa shape index (κ2) is 12.6. The molecule has 0 aliphatic carbocycles. The van der Waals surface area contributed by atoms with Crippen molar-refractivity contribution < 1.29 is 35.1 Å². The lowest BCUT2D eigenvalue weighted by molar-refractivity contribution is -0.166. The molecule has 0 saturated heterocycles. The van der Waals surface area contributed by atoms with E-state index in [4.69, 9.17) is 9.84 Å². The van der Waals surface area contributed by atoms with Crippen molar-refractivity contribution >= 4 is 5.97 Å². The lowest BCUT2D eigenvalue weighted by atomic mass is 9.97. The summed E-state index contributed by atoms with van der Waals surface area (Å²) in [6, 6.07) is -1.18.